The number of likely N-dealkylation sites (N-methyl/N-ethyl adjacent to an activating group) is 1. The quantitative estimate of drug-likeness (QED) is 0.480. The van der Waals surface area contributed by atoms with Crippen molar-refractivity contribution >= 4 is 21.3 Å². The second-order valence-electron chi connectivity index (χ2n) is 9.86. The minimum atomic E-state index is -4.83. The number of anilines is 2. The fraction of sp³-hybridized carbons (Fsp3) is 0.357. The molecule has 39 heavy (non-hydrogen) atoms. The van der Waals surface area contributed by atoms with Gasteiger partial charge < -0.3 is 19.6 Å². The van der Waals surface area contributed by atoms with Crippen LogP contribution < -0.4 is 14.4 Å². The summed E-state index contributed by atoms with van der Waals surface area (Å²) in [6.45, 7) is 0.965. The number of nitrogens with zero attached hydrogens (tertiary/aromatic N) is 3. The molecule has 0 saturated carbocycles. The van der Waals surface area contributed by atoms with Crippen LogP contribution in [-0.4, -0.2) is 66.0 Å². The largest absolute Gasteiger partial charge is 0.573 e. The lowest BCUT2D eigenvalue weighted by Gasteiger charge is -2.46. The van der Waals surface area contributed by atoms with E-state index < -0.39 is 34.2 Å². The zero-order valence-electron chi connectivity index (χ0n) is 21.6. The van der Waals surface area contributed by atoms with E-state index in [-0.39, 0.29) is 10.9 Å². The van der Waals surface area contributed by atoms with Gasteiger partial charge in [0.15, 0.2) is 0 Å². The lowest BCUT2D eigenvalue weighted by molar-refractivity contribution is -0.274. The first-order chi connectivity index (χ1) is 18.6. The molecule has 0 amide bonds. The standard InChI is InChI=1S/C28H31F3N4O3S/c1-32-39(37,22-15-13-21(14-16-22)38-28(29,30)31)33-23-17-34(2)18-26(27(23)36)35-24-9-5-3-7-19(24)11-12-20-8-4-6-10-25(20)35/h3-10,13-16,23,26-27,36H,11-12,17-18H2,1-2H3,(H,32,33,37). The molecule has 2 aliphatic heterocycles. The number of hydrogen-bond acceptors (Lipinski definition) is 6. The fourth-order valence-electron chi connectivity index (χ4n) is 5.48. The summed E-state index contributed by atoms with van der Waals surface area (Å²) in [6.07, 6.45) is -4.01. The topological polar surface area (TPSA) is 77.4 Å². The van der Waals surface area contributed by atoms with E-state index in [0.29, 0.717) is 13.1 Å². The van der Waals surface area contributed by atoms with Gasteiger partial charge in [0.1, 0.15) is 15.7 Å². The molecule has 2 heterocycles. The van der Waals surface area contributed by atoms with Crippen molar-refractivity contribution in [3.05, 3.63) is 83.9 Å². The number of aryl methyl sites for hydroxylation is 2. The summed E-state index contributed by atoms with van der Waals surface area (Å²) in [4.78, 5) is 4.46. The predicted octanol–water partition coefficient (Wildman–Crippen LogP) is 4.53. The molecule has 1 fully saturated rings. The Hall–Kier alpha value is -3.12. The van der Waals surface area contributed by atoms with Crippen LogP contribution in [0.2, 0.25) is 0 Å². The maximum Gasteiger partial charge on any atom is 0.573 e. The van der Waals surface area contributed by atoms with Crippen LogP contribution >= 0.6 is 0 Å². The van der Waals surface area contributed by atoms with Crippen LogP contribution in [0.25, 0.3) is 0 Å². The SMILES string of the molecule is CN=S(=O)(NC1CN(C)CC(N2c3ccccc3CCc3ccccc32)C1O)c1ccc(OC(F)(F)F)cc1. The van der Waals surface area contributed by atoms with Gasteiger partial charge in [0.2, 0.25) is 0 Å². The Balaban J connectivity index is 1.47. The second kappa shape index (κ2) is 10.8. The Kier molecular flexibility index (Phi) is 7.60. The molecule has 5 rings (SSSR count). The molecule has 2 N–H and O–H groups in total. The minimum absolute atomic E-state index is 0.196. The highest BCUT2D eigenvalue weighted by molar-refractivity contribution is 7.91. The van der Waals surface area contributed by atoms with Gasteiger partial charge in [-0.1, -0.05) is 36.4 Å². The van der Waals surface area contributed by atoms with Crippen LogP contribution in [0.15, 0.2) is 82.1 Å². The molecule has 0 radical (unpaired) electrons. The molecule has 2 aliphatic rings. The third-order valence-electron chi connectivity index (χ3n) is 7.26. The molecule has 3 aromatic rings. The molecule has 11 heteroatoms. The lowest BCUT2D eigenvalue weighted by atomic mass is 9.95. The number of alkyl halides is 3. The molecular weight excluding hydrogens is 529 g/mol. The van der Waals surface area contributed by atoms with E-state index >= 15 is 0 Å². The van der Waals surface area contributed by atoms with Gasteiger partial charge in [-0.3, -0.25) is 0 Å². The highest BCUT2D eigenvalue weighted by Gasteiger charge is 2.41. The van der Waals surface area contributed by atoms with E-state index in [1.54, 1.807) is 0 Å². The first kappa shape index (κ1) is 27.4. The van der Waals surface area contributed by atoms with E-state index in [4.69, 9.17) is 0 Å². The minimum Gasteiger partial charge on any atom is -0.406 e. The average Bonchev–Trinajstić information content (AvgIpc) is 3.07. The number of benzene rings is 3. The lowest BCUT2D eigenvalue weighted by Crippen LogP contribution is -2.64. The van der Waals surface area contributed by atoms with Crippen LogP contribution in [0.1, 0.15) is 11.1 Å². The molecule has 4 unspecified atom stereocenters. The molecule has 1 saturated heterocycles. The first-order valence-corrected chi connectivity index (χ1v) is 14.2. The number of aliphatic hydroxyl groups excluding tert-OH is 1. The zero-order chi connectivity index (χ0) is 27.8. The van der Waals surface area contributed by atoms with Gasteiger partial charge in [0, 0.05) is 31.5 Å². The van der Waals surface area contributed by atoms with Crippen molar-refractivity contribution in [2.45, 2.75) is 42.3 Å². The van der Waals surface area contributed by atoms with Crippen LogP contribution in [-0.2, 0) is 22.8 Å². The summed E-state index contributed by atoms with van der Waals surface area (Å²) in [5.74, 6) is -0.417. The maximum absolute atomic E-state index is 13.9. The van der Waals surface area contributed by atoms with Gasteiger partial charge in [-0.25, -0.2) is 13.3 Å². The molecule has 208 valence electrons. The Morgan fingerprint density at radius 2 is 1.51 bits per heavy atom. The summed E-state index contributed by atoms with van der Waals surface area (Å²) in [5, 5.41) is 11.8. The number of rotatable bonds is 5. The number of nitrogens with one attached hydrogen (secondary N) is 1. The molecule has 0 spiro atoms. The number of likely N-dealkylation sites (tertiary alicyclic amines) is 1. The number of hydrogen-bond donors (Lipinski definition) is 2. The molecule has 0 aliphatic carbocycles. The Morgan fingerprint density at radius 3 is 2.05 bits per heavy atom. The highest BCUT2D eigenvalue weighted by atomic mass is 32.2. The van der Waals surface area contributed by atoms with Gasteiger partial charge in [0.05, 0.1) is 23.1 Å². The van der Waals surface area contributed by atoms with Gasteiger partial charge in [-0.2, -0.15) is 0 Å². The highest BCUT2D eigenvalue weighted by Crippen LogP contribution is 2.39. The van der Waals surface area contributed by atoms with E-state index in [2.05, 4.69) is 47.9 Å². The average molecular weight is 561 g/mol. The van der Waals surface area contributed by atoms with E-state index in [0.717, 1.165) is 36.3 Å². The molecule has 0 aromatic heterocycles. The Labute approximate surface area is 226 Å². The summed E-state index contributed by atoms with van der Waals surface area (Å²) in [5.41, 5.74) is 4.43. The summed E-state index contributed by atoms with van der Waals surface area (Å²) in [7, 11) is 0.0525. The number of halogens is 3. The van der Waals surface area contributed by atoms with Crippen molar-refractivity contribution in [3.8, 4) is 5.75 Å². The van der Waals surface area contributed by atoms with Crippen LogP contribution in [0.5, 0.6) is 5.75 Å². The number of para-hydroxylation sites is 2. The van der Waals surface area contributed by atoms with Crippen molar-refractivity contribution in [1.29, 1.82) is 0 Å². The van der Waals surface area contributed by atoms with Crippen LogP contribution in [0.4, 0.5) is 24.5 Å². The molecule has 4 atom stereocenters. The zero-order valence-corrected chi connectivity index (χ0v) is 22.5. The van der Waals surface area contributed by atoms with E-state index in [9.17, 15) is 22.5 Å². The van der Waals surface area contributed by atoms with Gasteiger partial charge >= 0.3 is 6.36 Å². The van der Waals surface area contributed by atoms with Gasteiger partial charge in [0.25, 0.3) is 0 Å². The van der Waals surface area contributed by atoms with Crippen molar-refractivity contribution < 1.29 is 27.2 Å². The predicted molar refractivity (Wildman–Crippen MR) is 145 cm³/mol. The van der Waals surface area contributed by atoms with Crippen molar-refractivity contribution in [2.24, 2.45) is 4.36 Å². The molecule has 7 nitrogen and oxygen atoms in total. The summed E-state index contributed by atoms with van der Waals surface area (Å²) >= 11 is 0. The normalized spacial score (nSPS) is 23.2. The number of ether oxygens (including phenoxy) is 1. The third-order valence-corrected chi connectivity index (χ3v) is 9.30. The third kappa shape index (κ3) is 5.76. The summed E-state index contributed by atoms with van der Waals surface area (Å²) < 4.78 is 62.8. The van der Waals surface area contributed by atoms with Crippen molar-refractivity contribution in [1.82, 2.24) is 9.62 Å². The van der Waals surface area contributed by atoms with E-state index in [1.165, 1.54) is 30.3 Å². The second-order valence-corrected chi connectivity index (χ2v) is 12.0. The molecule has 0 bridgehead atoms. The van der Waals surface area contributed by atoms with Gasteiger partial charge in [-0.05, 0) is 67.4 Å². The number of aliphatic hydroxyl groups is 1. The Bertz CT molecular complexity index is 1390. The van der Waals surface area contributed by atoms with Crippen molar-refractivity contribution in [3.63, 3.8) is 0 Å². The van der Waals surface area contributed by atoms with Crippen LogP contribution in [0.3, 0.4) is 0 Å². The number of fused-ring (bicyclic) bond motifs is 2. The number of piperidine rings is 1. The molecular formula is C28H31F3N4O3S. The molecule has 3 aromatic carbocycles. The van der Waals surface area contributed by atoms with Crippen LogP contribution in [0, 0.1) is 0 Å². The monoisotopic (exact) mass is 560 g/mol. The first-order valence-electron chi connectivity index (χ1n) is 12.7. The Morgan fingerprint density at radius 1 is 0.949 bits per heavy atom. The smallest absolute Gasteiger partial charge is 0.406 e. The summed E-state index contributed by atoms with van der Waals surface area (Å²) in [6, 6.07) is 20.1. The van der Waals surface area contributed by atoms with Crippen molar-refractivity contribution in [2.75, 3.05) is 32.1 Å². The van der Waals surface area contributed by atoms with Gasteiger partial charge in [-0.15, -0.1) is 13.2 Å². The van der Waals surface area contributed by atoms with E-state index in [1.807, 2.05) is 31.3 Å². The maximum atomic E-state index is 13.9. The fourth-order valence-corrected chi connectivity index (χ4v) is 7.06.